The third-order valence-electron chi connectivity index (χ3n) is 3.87. The summed E-state index contributed by atoms with van der Waals surface area (Å²) in [6, 6.07) is 0. The maximum Gasteiger partial charge on any atom is 0.308 e. The molecule has 0 aromatic heterocycles. The summed E-state index contributed by atoms with van der Waals surface area (Å²) < 4.78 is 0. The molecule has 0 aromatic carbocycles. The zero-order chi connectivity index (χ0) is 12.5. The zero-order valence-corrected chi connectivity index (χ0v) is 10.7. The molecule has 16 heavy (non-hydrogen) atoms. The fraction of sp³-hybridized carbons (Fsp3) is 0.786. The van der Waals surface area contributed by atoms with Gasteiger partial charge in [0, 0.05) is 5.92 Å². The van der Waals surface area contributed by atoms with Gasteiger partial charge in [-0.05, 0) is 30.1 Å². The Balaban J connectivity index is 3.08. The lowest BCUT2D eigenvalue weighted by Gasteiger charge is -2.45. The topological polar surface area (TPSA) is 37.3 Å². The number of carbonyl (C=O) groups is 1. The van der Waals surface area contributed by atoms with Gasteiger partial charge in [0.25, 0.3) is 0 Å². The van der Waals surface area contributed by atoms with E-state index >= 15 is 0 Å². The molecule has 1 fully saturated rings. The maximum atomic E-state index is 11.4. The highest BCUT2D eigenvalue weighted by Crippen LogP contribution is 2.47. The van der Waals surface area contributed by atoms with Crippen LogP contribution >= 0.6 is 0 Å². The van der Waals surface area contributed by atoms with E-state index < -0.39 is 5.97 Å². The molecule has 1 aliphatic rings. The van der Waals surface area contributed by atoms with E-state index in [0.29, 0.717) is 5.92 Å². The molecule has 1 saturated carbocycles. The van der Waals surface area contributed by atoms with Crippen LogP contribution in [0.3, 0.4) is 0 Å². The van der Waals surface area contributed by atoms with Crippen molar-refractivity contribution >= 4 is 5.97 Å². The molecule has 2 heteroatoms. The molecular formula is C14H22O2. The van der Waals surface area contributed by atoms with Gasteiger partial charge in [-0.25, -0.2) is 0 Å². The average Bonchev–Trinajstić information content (AvgIpc) is 2.15. The Morgan fingerprint density at radius 3 is 2.31 bits per heavy atom. The van der Waals surface area contributed by atoms with E-state index in [9.17, 15) is 9.90 Å². The second kappa shape index (κ2) is 4.49. The Kier molecular flexibility index (Phi) is 3.68. The first-order valence-corrected chi connectivity index (χ1v) is 5.98. The summed E-state index contributed by atoms with van der Waals surface area (Å²) in [5, 5.41) is 9.40. The normalized spacial score (nSPS) is 35.4. The summed E-state index contributed by atoms with van der Waals surface area (Å²) in [5.74, 6) is 2.07. The molecule has 1 rings (SSSR count). The number of terminal acetylenes is 1. The van der Waals surface area contributed by atoms with Crippen LogP contribution in [0.2, 0.25) is 0 Å². The Bertz CT molecular complexity index is 306. The third kappa shape index (κ3) is 2.40. The number of rotatable bonds is 1. The predicted molar refractivity (Wildman–Crippen MR) is 64.8 cm³/mol. The first kappa shape index (κ1) is 13.1. The lowest BCUT2D eigenvalue weighted by molar-refractivity contribution is -0.150. The minimum atomic E-state index is -0.727. The number of carboxylic acids is 1. The summed E-state index contributed by atoms with van der Waals surface area (Å²) in [5.41, 5.74) is -0.00199. The minimum absolute atomic E-state index is 0.00199. The van der Waals surface area contributed by atoms with Gasteiger partial charge in [-0.2, -0.15) is 0 Å². The Morgan fingerprint density at radius 1 is 1.38 bits per heavy atom. The van der Waals surface area contributed by atoms with E-state index in [1.54, 1.807) is 0 Å². The van der Waals surface area contributed by atoms with Crippen LogP contribution in [-0.4, -0.2) is 11.1 Å². The predicted octanol–water partition coefficient (Wildman–Crippen LogP) is 3.03. The third-order valence-corrected chi connectivity index (χ3v) is 3.87. The lowest BCUT2D eigenvalue weighted by Crippen LogP contribution is -2.44. The summed E-state index contributed by atoms with van der Waals surface area (Å²) in [4.78, 5) is 11.4. The molecule has 0 aromatic rings. The fourth-order valence-corrected chi connectivity index (χ4v) is 3.31. The number of hydrogen-bond acceptors (Lipinski definition) is 1. The van der Waals surface area contributed by atoms with Crippen LogP contribution < -0.4 is 0 Å². The van der Waals surface area contributed by atoms with Crippen LogP contribution in [-0.2, 0) is 4.79 Å². The van der Waals surface area contributed by atoms with Crippen LogP contribution in [0.25, 0.3) is 0 Å². The van der Waals surface area contributed by atoms with Crippen molar-refractivity contribution in [3.63, 3.8) is 0 Å². The maximum absolute atomic E-state index is 11.4. The van der Waals surface area contributed by atoms with Gasteiger partial charge in [-0.3, -0.25) is 4.79 Å². The summed E-state index contributed by atoms with van der Waals surface area (Å²) in [6.45, 7) is 8.49. The number of carboxylic acid groups (broad SMARTS) is 1. The molecule has 0 aliphatic heterocycles. The lowest BCUT2D eigenvalue weighted by atomic mass is 9.58. The minimum Gasteiger partial charge on any atom is -0.481 e. The second-order valence-electron chi connectivity index (χ2n) is 6.08. The van der Waals surface area contributed by atoms with E-state index in [4.69, 9.17) is 6.42 Å². The van der Waals surface area contributed by atoms with E-state index in [2.05, 4.69) is 33.6 Å². The van der Waals surface area contributed by atoms with E-state index in [1.165, 1.54) is 0 Å². The van der Waals surface area contributed by atoms with Crippen molar-refractivity contribution in [1.29, 1.82) is 0 Å². The number of hydrogen-bond donors (Lipinski definition) is 1. The molecule has 0 radical (unpaired) electrons. The van der Waals surface area contributed by atoms with Gasteiger partial charge >= 0.3 is 5.97 Å². The highest BCUT2D eigenvalue weighted by atomic mass is 16.4. The van der Waals surface area contributed by atoms with Gasteiger partial charge in [0.2, 0.25) is 0 Å². The van der Waals surface area contributed by atoms with Gasteiger partial charge in [0.05, 0.1) is 5.92 Å². The van der Waals surface area contributed by atoms with Crippen LogP contribution in [0.15, 0.2) is 0 Å². The summed E-state index contributed by atoms with van der Waals surface area (Å²) in [7, 11) is 0. The molecule has 0 saturated heterocycles. The fourth-order valence-electron chi connectivity index (χ4n) is 3.31. The van der Waals surface area contributed by atoms with Crippen molar-refractivity contribution < 1.29 is 9.90 Å². The van der Waals surface area contributed by atoms with Gasteiger partial charge in [0.15, 0.2) is 0 Å². The highest BCUT2D eigenvalue weighted by molar-refractivity contribution is 5.71. The van der Waals surface area contributed by atoms with E-state index in [0.717, 1.165) is 12.8 Å². The summed E-state index contributed by atoms with van der Waals surface area (Å²) >= 11 is 0. The van der Waals surface area contributed by atoms with Gasteiger partial charge in [0.1, 0.15) is 0 Å². The van der Waals surface area contributed by atoms with Crippen LogP contribution in [0.4, 0.5) is 0 Å². The molecule has 0 heterocycles. The molecule has 4 unspecified atom stereocenters. The summed E-state index contributed by atoms with van der Waals surface area (Å²) in [6.07, 6.45) is 7.36. The van der Waals surface area contributed by atoms with E-state index in [1.807, 2.05) is 0 Å². The molecule has 2 nitrogen and oxygen atoms in total. The Morgan fingerprint density at radius 2 is 1.94 bits per heavy atom. The smallest absolute Gasteiger partial charge is 0.308 e. The SMILES string of the molecule is C#CC1CCC(C)C(C(C)(C)C)C1C(=O)O. The van der Waals surface area contributed by atoms with Crippen molar-refractivity contribution in [1.82, 2.24) is 0 Å². The molecule has 1 N–H and O–H groups in total. The van der Waals surface area contributed by atoms with Crippen molar-refractivity contribution in [2.24, 2.45) is 29.1 Å². The molecule has 0 spiro atoms. The monoisotopic (exact) mass is 222 g/mol. The molecule has 90 valence electrons. The molecule has 0 bridgehead atoms. The van der Waals surface area contributed by atoms with Crippen molar-refractivity contribution in [2.45, 2.75) is 40.5 Å². The zero-order valence-electron chi connectivity index (χ0n) is 10.7. The molecular weight excluding hydrogens is 200 g/mol. The van der Waals surface area contributed by atoms with Gasteiger partial charge in [-0.15, -0.1) is 12.3 Å². The van der Waals surface area contributed by atoms with E-state index in [-0.39, 0.29) is 23.2 Å². The molecule has 0 amide bonds. The Labute approximate surface area is 98.4 Å². The van der Waals surface area contributed by atoms with Crippen molar-refractivity contribution in [3.8, 4) is 12.3 Å². The number of aliphatic carboxylic acids is 1. The Hall–Kier alpha value is -0.970. The standard InChI is InChI=1S/C14H22O2/c1-6-10-8-7-9(2)12(14(3,4)5)11(10)13(15)16/h1,9-12H,7-8H2,2-5H3,(H,15,16). The largest absolute Gasteiger partial charge is 0.481 e. The first-order chi connectivity index (χ1) is 7.29. The molecule has 4 atom stereocenters. The first-order valence-electron chi connectivity index (χ1n) is 5.98. The average molecular weight is 222 g/mol. The quantitative estimate of drug-likeness (QED) is 0.692. The van der Waals surface area contributed by atoms with Gasteiger partial charge < -0.3 is 5.11 Å². The van der Waals surface area contributed by atoms with Gasteiger partial charge in [-0.1, -0.05) is 27.7 Å². The second-order valence-corrected chi connectivity index (χ2v) is 6.08. The van der Waals surface area contributed by atoms with Crippen molar-refractivity contribution in [2.75, 3.05) is 0 Å². The van der Waals surface area contributed by atoms with Crippen molar-refractivity contribution in [3.05, 3.63) is 0 Å². The van der Waals surface area contributed by atoms with Crippen LogP contribution in [0.5, 0.6) is 0 Å². The van der Waals surface area contributed by atoms with Crippen LogP contribution in [0, 0.1) is 41.4 Å². The molecule has 1 aliphatic carbocycles. The highest BCUT2D eigenvalue weighted by Gasteiger charge is 2.46. The van der Waals surface area contributed by atoms with Crippen LogP contribution in [0.1, 0.15) is 40.5 Å².